The van der Waals surface area contributed by atoms with Gasteiger partial charge in [-0.1, -0.05) is 0 Å². The maximum absolute atomic E-state index is 13.4. The molecule has 0 atom stereocenters. The van der Waals surface area contributed by atoms with Crippen LogP contribution in [0.4, 0.5) is 10.1 Å². The molecule has 88 valence electrons. The maximum Gasteiger partial charge on any atom is 0.268 e. The molecule has 0 aliphatic carbocycles. The number of aromatic amines is 1. The van der Waals surface area contributed by atoms with Crippen LogP contribution in [-0.2, 0) is 0 Å². The number of anilines is 1. The minimum Gasteiger partial charge on any atom is -0.435 e. The van der Waals surface area contributed by atoms with Crippen molar-refractivity contribution < 1.29 is 9.13 Å². The van der Waals surface area contributed by atoms with Crippen LogP contribution in [-0.4, -0.2) is 9.97 Å². The van der Waals surface area contributed by atoms with Gasteiger partial charge in [0.25, 0.3) is 5.56 Å². The third-order valence-corrected chi connectivity index (χ3v) is 2.88. The van der Waals surface area contributed by atoms with Gasteiger partial charge in [-0.15, -0.1) is 0 Å². The van der Waals surface area contributed by atoms with Crippen molar-refractivity contribution in [3.63, 3.8) is 0 Å². The van der Waals surface area contributed by atoms with Gasteiger partial charge in [0, 0.05) is 11.8 Å². The number of hydrogen-bond donors (Lipinski definition) is 2. The predicted molar refractivity (Wildman–Crippen MR) is 68.5 cm³/mol. The minimum atomic E-state index is -0.608. The normalized spacial score (nSPS) is 10.2. The van der Waals surface area contributed by atoms with Gasteiger partial charge in [-0.3, -0.25) is 4.79 Å². The number of H-pyrrole nitrogens is 1. The fourth-order valence-corrected chi connectivity index (χ4v) is 1.55. The van der Waals surface area contributed by atoms with E-state index in [1.165, 1.54) is 18.5 Å². The smallest absolute Gasteiger partial charge is 0.268 e. The molecule has 1 aromatic heterocycles. The number of nitrogens with two attached hydrogens (primary N) is 1. The molecule has 7 heteroatoms. The average molecular weight is 347 g/mol. The summed E-state index contributed by atoms with van der Waals surface area (Å²) in [5.41, 5.74) is 5.36. The SMILES string of the molecule is Nc1ccc(Oc2nc[nH]c(=O)c2I)c(F)c1. The molecule has 0 aliphatic rings. The molecule has 0 amide bonds. The number of benzene rings is 1. The molecule has 3 N–H and O–H groups in total. The zero-order chi connectivity index (χ0) is 12.4. The summed E-state index contributed by atoms with van der Waals surface area (Å²) in [6, 6.07) is 4.01. The first-order chi connectivity index (χ1) is 8.08. The fraction of sp³-hybridized carbons (Fsp3) is 0. The van der Waals surface area contributed by atoms with E-state index in [-0.39, 0.29) is 20.8 Å². The Morgan fingerprint density at radius 1 is 1.47 bits per heavy atom. The molecular weight excluding hydrogens is 340 g/mol. The van der Waals surface area contributed by atoms with E-state index in [1.54, 1.807) is 22.6 Å². The van der Waals surface area contributed by atoms with Crippen molar-refractivity contribution in [2.45, 2.75) is 0 Å². The van der Waals surface area contributed by atoms with Gasteiger partial charge in [-0.25, -0.2) is 9.37 Å². The van der Waals surface area contributed by atoms with Crippen molar-refractivity contribution in [3.05, 3.63) is 44.3 Å². The Kier molecular flexibility index (Phi) is 3.27. The number of nitrogen functional groups attached to an aromatic ring is 1. The Balaban J connectivity index is 2.38. The second-order valence-corrected chi connectivity index (χ2v) is 4.22. The molecule has 0 bridgehead atoms. The topological polar surface area (TPSA) is 81.0 Å². The Bertz CT molecular complexity index is 615. The predicted octanol–water partition coefficient (Wildman–Crippen LogP) is 1.89. The Morgan fingerprint density at radius 3 is 2.94 bits per heavy atom. The molecule has 0 unspecified atom stereocenters. The average Bonchev–Trinajstić information content (AvgIpc) is 2.28. The van der Waals surface area contributed by atoms with Gasteiger partial charge in [0.1, 0.15) is 3.57 Å². The van der Waals surface area contributed by atoms with Crippen LogP contribution in [0.2, 0.25) is 0 Å². The van der Waals surface area contributed by atoms with E-state index in [9.17, 15) is 9.18 Å². The highest BCUT2D eigenvalue weighted by molar-refractivity contribution is 14.1. The van der Waals surface area contributed by atoms with Crippen LogP contribution in [0.15, 0.2) is 29.3 Å². The van der Waals surface area contributed by atoms with Gasteiger partial charge in [0.05, 0.1) is 6.33 Å². The fourth-order valence-electron chi connectivity index (χ4n) is 1.14. The first kappa shape index (κ1) is 11.8. The molecule has 2 rings (SSSR count). The molecule has 17 heavy (non-hydrogen) atoms. The quantitative estimate of drug-likeness (QED) is 0.642. The lowest BCUT2D eigenvalue weighted by molar-refractivity contribution is 0.423. The highest BCUT2D eigenvalue weighted by Crippen LogP contribution is 2.25. The second-order valence-electron chi connectivity index (χ2n) is 3.14. The third kappa shape index (κ3) is 2.54. The highest BCUT2D eigenvalue weighted by atomic mass is 127. The van der Waals surface area contributed by atoms with Gasteiger partial charge < -0.3 is 15.5 Å². The molecule has 1 heterocycles. The van der Waals surface area contributed by atoms with E-state index >= 15 is 0 Å². The summed E-state index contributed by atoms with van der Waals surface area (Å²) >= 11 is 1.77. The van der Waals surface area contributed by atoms with E-state index in [0.717, 1.165) is 6.07 Å². The first-order valence-corrected chi connectivity index (χ1v) is 5.62. The molecule has 0 saturated carbocycles. The largest absolute Gasteiger partial charge is 0.435 e. The summed E-state index contributed by atoms with van der Waals surface area (Å²) < 4.78 is 18.9. The summed E-state index contributed by atoms with van der Waals surface area (Å²) in [5, 5.41) is 0. The van der Waals surface area contributed by atoms with Crippen LogP contribution >= 0.6 is 22.6 Å². The molecule has 0 aliphatic heterocycles. The van der Waals surface area contributed by atoms with Crippen molar-refractivity contribution in [1.82, 2.24) is 9.97 Å². The lowest BCUT2D eigenvalue weighted by atomic mass is 10.3. The molecule has 0 spiro atoms. The molecule has 0 saturated heterocycles. The van der Waals surface area contributed by atoms with Crippen LogP contribution in [0.5, 0.6) is 11.6 Å². The van der Waals surface area contributed by atoms with Gasteiger partial charge in [-0.2, -0.15) is 0 Å². The second kappa shape index (κ2) is 4.70. The number of aromatic nitrogens is 2. The zero-order valence-corrected chi connectivity index (χ0v) is 10.6. The van der Waals surface area contributed by atoms with Crippen molar-refractivity contribution in [1.29, 1.82) is 0 Å². The van der Waals surface area contributed by atoms with E-state index < -0.39 is 5.82 Å². The number of nitrogens with zero attached hydrogens (tertiary/aromatic N) is 1. The Hall–Kier alpha value is -1.64. The molecule has 2 aromatic rings. The molecular formula is C10H7FIN3O2. The lowest BCUT2D eigenvalue weighted by Gasteiger charge is -2.06. The summed E-state index contributed by atoms with van der Waals surface area (Å²) in [6.45, 7) is 0. The molecule has 0 fully saturated rings. The summed E-state index contributed by atoms with van der Waals surface area (Å²) in [5.74, 6) is -0.587. The monoisotopic (exact) mass is 347 g/mol. The first-order valence-electron chi connectivity index (χ1n) is 4.54. The van der Waals surface area contributed by atoms with Crippen LogP contribution in [0.1, 0.15) is 0 Å². The Morgan fingerprint density at radius 2 is 2.24 bits per heavy atom. The third-order valence-electron chi connectivity index (χ3n) is 1.93. The molecule has 1 aromatic carbocycles. The van der Waals surface area contributed by atoms with Gasteiger partial charge in [-0.05, 0) is 34.7 Å². The van der Waals surface area contributed by atoms with Crippen LogP contribution in [0, 0.1) is 9.39 Å². The summed E-state index contributed by atoms with van der Waals surface area (Å²) in [6.07, 6.45) is 1.19. The standard InChI is InChI=1S/C10H7FIN3O2/c11-6-3-5(13)1-2-7(6)17-10-8(12)9(16)14-4-15-10/h1-4H,13H2,(H,14,15,16). The minimum absolute atomic E-state index is 0.0322. The molecule has 0 radical (unpaired) electrons. The van der Waals surface area contributed by atoms with Gasteiger partial charge >= 0.3 is 0 Å². The number of hydrogen-bond acceptors (Lipinski definition) is 4. The number of ether oxygens (including phenoxy) is 1. The zero-order valence-electron chi connectivity index (χ0n) is 8.41. The van der Waals surface area contributed by atoms with E-state index in [2.05, 4.69) is 9.97 Å². The summed E-state index contributed by atoms with van der Waals surface area (Å²) in [7, 11) is 0. The van der Waals surface area contributed by atoms with Crippen molar-refractivity contribution in [2.75, 3.05) is 5.73 Å². The highest BCUT2D eigenvalue weighted by Gasteiger charge is 2.10. The van der Waals surface area contributed by atoms with Crippen LogP contribution in [0.25, 0.3) is 0 Å². The van der Waals surface area contributed by atoms with Gasteiger partial charge in [0.15, 0.2) is 11.6 Å². The van der Waals surface area contributed by atoms with E-state index in [1.807, 2.05) is 0 Å². The van der Waals surface area contributed by atoms with Crippen LogP contribution < -0.4 is 16.0 Å². The van der Waals surface area contributed by atoms with Crippen molar-refractivity contribution >= 4 is 28.3 Å². The maximum atomic E-state index is 13.4. The van der Waals surface area contributed by atoms with E-state index in [4.69, 9.17) is 10.5 Å². The van der Waals surface area contributed by atoms with Crippen molar-refractivity contribution in [2.24, 2.45) is 0 Å². The van der Waals surface area contributed by atoms with Crippen molar-refractivity contribution in [3.8, 4) is 11.6 Å². The number of halogens is 2. The Labute approximate surface area is 109 Å². The lowest BCUT2D eigenvalue weighted by Crippen LogP contribution is -2.11. The summed E-state index contributed by atoms with van der Waals surface area (Å²) in [4.78, 5) is 17.5. The molecule has 5 nitrogen and oxygen atoms in total. The van der Waals surface area contributed by atoms with E-state index in [0.29, 0.717) is 5.69 Å². The number of rotatable bonds is 2. The van der Waals surface area contributed by atoms with Crippen LogP contribution in [0.3, 0.4) is 0 Å². The van der Waals surface area contributed by atoms with Gasteiger partial charge in [0.2, 0.25) is 5.88 Å². The number of nitrogens with one attached hydrogen (secondary N) is 1.